The van der Waals surface area contributed by atoms with Crippen LogP contribution < -0.4 is 5.32 Å². The van der Waals surface area contributed by atoms with Gasteiger partial charge in [-0.3, -0.25) is 0 Å². The van der Waals surface area contributed by atoms with Crippen molar-refractivity contribution < 1.29 is 4.84 Å². The van der Waals surface area contributed by atoms with E-state index < -0.39 is 0 Å². The smallest absolute Gasteiger partial charge is 0.137 e. The lowest BCUT2D eigenvalue weighted by Gasteiger charge is -2.26. The van der Waals surface area contributed by atoms with E-state index in [1.807, 2.05) is 0 Å². The van der Waals surface area contributed by atoms with Gasteiger partial charge in [0, 0.05) is 25.4 Å². The Labute approximate surface area is 66.8 Å². The van der Waals surface area contributed by atoms with Crippen molar-refractivity contribution >= 4 is 5.71 Å². The van der Waals surface area contributed by atoms with Crippen molar-refractivity contribution in [2.45, 2.75) is 25.9 Å². The van der Waals surface area contributed by atoms with Gasteiger partial charge in [0.2, 0.25) is 0 Å². The lowest BCUT2D eigenvalue weighted by molar-refractivity contribution is 0.0123. The van der Waals surface area contributed by atoms with Gasteiger partial charge in [-0.1, -0.05) is 5.16 Å². The van der Waals surface area contributed by atoms with Crippen molar-refractivity contribution in [3.05, 3.63) is 0 Å². The predicted octanol–water partition coefficient (Wildman–Crippen LogP) is 0.761. The quantitative estimate of drug-likeness (QED) is 0.605. The van der Waals surface area contributed by atoms with Crippen LogP contribution in [0.4, 0.5) is 0 Å². The minimum Gasteiger partial charge on any atom is -0.389 e. The second kappa shape index (κ2) is 2.21. The number of hydrogen-bond donors (Lipinski definition) is 1. The zero-order valence-corrected chi connectivity index (χ0v) is 7.05. The Balaban J connectivity index is 1.97. The van der Waals surface area contributed by atoms with E-state index in [0.29, 0.717) is 5.92 Å². The molecule has 3 heteroatoms. The Morgan fingerprint density at radius 1 is 1.55 bits per heavy atom. The lowest BCUT2D eigenvalue weighted by Crippen LogP contribution is -2.46. The average Bonchev–Trinajstić information content (AvgIpc) is 2.05. The molecule has 2 rings (SSSR count). The van der Waals surface area contributed by atoms with Crippen LogP contribution in [0, 0.1) is 5.92 Å². The molecule has 2 heterocycles. The van der Waals surface area contributed by atoms with Gasteiger partial charge in [-0.2, -0.15) is 0 Å². The fraction of sp³-hybridized carbons (Fsp3) is 0.875. The molecule has 3 nitrogen and oxygen atoms in total. The summed E-state index contributed by atoms with van der Waals surface area (Å²) < 4.78 is 0. The first-order chi connectivity index (χ1) is 5.17. The summed E-state index contributed by atoms with van der Waals surface area (Å²) in [7, 11) is 0. The molecule has 0 aliphatic carbocycles. The first kappa shape index (κ1) is 7.10. The first-order valence-corrected chi connectivity index (χ1v) is 4.13. The van der Waals surface area contributed by atoms with E-state index in [0.717, 1.165) is 19.5 Å². The molecule has 11 heavy (non-hydrogen) atoms. The molecule has 0 aromatic heterocycles. The second-order valence-electron chi connectivity index (χ2n) is 3.97. The molecule has 2 aliphatic heterocycles. The summed E-state index contributed by atoms with van der Waals surface area (Å²) in [5, 5.41) is 7.32. The minimum atomic E-state index is -0.0507. The Kier molecular flexibility index (Phi) is 1.42. The Hall–Kier alpha value is -0.570. The number of rotatable bonds is 1. The fourth-order valence-corrected chi connectivity index (χ4v) is 1.43. The molecule has 1 saturated heterocycles. The van der Waals surface area contributed by atoms with Gasteiger partial charge in [0.25, 0.3) is 0 Å². The van der Waals surface area contributed by atoms with Gasteiger partial charge in [-0.15, -0.1) is 0 Å². The summed E-state index contributed by atoms with van der Waals surface area (Å²) in [6.45, 7) is 6.32. The van der Waals surface area contributed by atoms with Crippen molar-refractivity contribution in [2.24, 2.45) is 11.1 Å². The third-order valence-electron chi connectivity index (χ3n) is 2.27. The molecule has 2 aliphatic rings. The van der Waals surface area contributed by atoms with Crippen LogP contribution in [0.3, 0.4) is 0 Å². The predicted molar refractivity (Wildman–Crippen MR) is 43.6 cm³/mol. The second-order valence-corrected chi connectivity index (χ2v) is 3.97. The van der Waals surface area contributed by atoms with Crippen molar-refractivity contribution in [1.29, 1.82) is 0 Å². The van der Waals surface area contributed by atoms with Crippen LogP contribution in [0.25, 0.3) is 0 Å². The van der Waals surface area contributed by atoms with Crippen LogP contribution in [0.15, 0.2) is 5.16 Å². The van der Waals surface area contributed by atoms with E-state index in [2.05, 4.69) is 24.3 Å². The van der Waals surface area contributed by atoms with Crippen LogP contribution in [-0.2, 0) is 4.84 Å². The van der Waals surface area contributed by atoms with Crippen molar-refractivity contribution in [3.63, 3.8) is 0 Å². The van der Waals surface area contributed by atoms with Gasteiger partial charge in [-0.25, -0.2) is 0 Å². The maximum atomic E-state index is 5.27. The zero-order chi connectivity index (χ0) is 7.90. The van der Waals surface area contributed by atoms with Crippen LogP contribution in [0.5, 0.6) is 0 Å². The SMILES string of the molecule is CC1(C)CC(C2CNC2)=NO1. The van der Waals surface area contributed by atoms with Crippen molar-refractivity contribution in [2.75, 3.05) is 13.1 Å². The molecule has 0 aromatic carbocycles. The highest BCUT2D eigenvalue weighted by Gasteiger charge is 2.34. The molecule has 1 fully saturated rings. The maximum Gasteiger partial charge on any atom is 0.137 e. The molecule has 62 valence electrons. The molecule has 0 spiro atoms. The molecule has 0 saturated carbocycles. The number of hydrogen-bond acceptors (Lipinski definition) is 3. The summed E-state index contributed by atoms with van der Waals surface area (Å²) in [4.78, 5) is 5.27. The number of oxime groups is 1. The van der Waals surface area contributed by atoms with Crippen molar-refractivity contribution in [3.8, 4) is 0 Å². The normalized spacial score (nSPS) is 29.1. The Morgan fingerprint density at radius 2 is 2.27 bits per heavy atom. The van der Waals surface area contributed by atoms with E-state index in [1.165, 1.54) is 5.71 Å². The molecule has 0 bridgehead atoms. The molecule has 1 N–H and O–H groups in total. The van der Waals surface area contributed by atoms with Gasteiger partial charge < -0.3 is 10.2 Å². The topological polar surface area (TPSA) is 33.6 Å². The summed E-state index contributed by atoms with van der Waals surface area (Å²) in [5.74, 6) is 0.650. The molecule has 0 aromatic rings. The highest BCUT2D eigenvalue weighted by Crippen LogP contribution is 2.26. The molecular weight excluding hydrogens is 140 g/mol. The van der Waals surface area contributed by atoms with E-state index in [9.17, 15) is 0 Å². The van der Waals surface area contributed by atoms with Crippen LogP contribution in [-0.4, -0.2) is 24.4 Å². The Morgan fingerprint density at radius 3 is 2.64 bits per heavy atom. The van der Waals surface area contributed by atoms with Gasteiger partial charge >= 0.3 is 0 Å². The highest BCUT2D eigenvalue weighted by atomic mass is 16.7. The number of nitrogens with one attached hydrogen (secondary N) is 1. The first-order valence-electron chi connectivity index (χ1n) is 4.13. The van der Waals surface area contributed by atoms with E-state index in [-0.39, 0.29) is 5.60 Å². The van der Waals surface area contributed by atoms with Crippen LogP contribution in [0.2, 0.25) is 0 Å². The van der Waals surface area contributed by atoms with Crippen molar-refractivity contribution in [1.82, 2.24) is 5.32 Å². The molecule has 0 unspecified atom stereocenters. The van der Waals surface area contributed by atoms with Gasteiger partial charge in [-0.05, 0) is 13.8 Å². The molecule has 0 amide bonds. The number of nitrogens with zero attached hydrogens (tertiary/aromatic N) is 1. The van der Waals surface area contributed by atoms with Gasteiger partial charge in [0.1, 0.15) is 5.60 Å². The van der Waals surface area contributed by atoms with E-state index in [4.69, 9.17) is 4.84 Å². The average molecular weight is 154 g/mol. The largest absolute Gasteiger partial charge is 0.389 e. The maximum absolute atomic E-state index is 5.27. The third-order valence-corrected chi connectivity index (χ3v) is 2.27. The standard InChI is InChI=1S/C8H14N2O/c1-8(2)3-7(10-11-8)6-4-9-5-6/h6,9H,3-5H2,1-2H3. The summed E-state index contributed by atoms with van der Waals surface area (Å²) in [6, 6.07) is 0. The van der Waals surface area contributed by atoms with Crippen LogP contribution >= 0.6 is 0 Å². The van der Waals surface area contributed by atoms with Crippen LogP contribution in [0.1, 0.15) is 20.3 Å². The monoisotopic (exact) mass is 154 g/mol. The third kappa shape index (κ3) is 1.25. The molecular formula is C8H14N2O. The summed E-state index contributed by atoms with van der Waals surface area (Å²) >= 11 is 0. The zero-order valence-electron chi connectivity index (χ0n) is 7.05. The van der Waals surface area contributed by atoms with E-state index >= 15 is 0 Å². The summed E-state index contributed by atoms with van der Waals surface area (Å²) in [5.41, 5.74) is 1.19. The molecule has 0 atom stereocenters. The van der Waals surface area contributed by atoms with Gasteiger partial charge in [0.15, 0.2) is 0 Å². The highest BCUT2D eigenvalue weighted by molar-refractivity contribution is 5.89. The lowest BCUT2D eigenvalue weighted by atomic mass is 9.90. The minimum absolute atomic E-state index is 0.0507. The molecule has 0 radical (unpaired) electrons. The van der Waals surface area contributed by atoms with Gasteiger partial charge in [0.05, 0.1) is 5.71 Å². The fourth-order valence-electron chi connectivity index (χ4n) is 1.43. The summed E-state index contributed by atoms with van der Waals surface area (Å²) in [6.07, 6.45) is 0.999. The Bertz CT molecular complexity index is 194. The van der Waals surface area contributed by atoms with E-state index in [1.54, 1.807) is 0 Å².